The molecule has 1 aliphatic rings. The van der Waals surface area contributed by atoms with E-state index in [0.717, 1.165) is 38.4 Å². The molecule has 0 aromatic heterocycles. The summed E-state index contributed by atoms with van der Waals surface area (Å²) in [7, 11) is 0. The van der Waals surface area contributed by atoms with Gasteiger partial charge in [0.15, 0.2) is 0 Å². The van der Waals surface area contributed by atoms with Crippen LogP contribution < -0.4 is 5.32 Å². The van der Waals surface area contributed by atoms with Crippen molar-refractivity contribution in [1.29, 1.82) is 0 Å². The van der Waals surface area contributed by atoms with Crippen LogP contribution in [0.15, 0.2) is 0 Å². The number of hydrogen-bond acceptors (Lipinski definition) is 2. The van der Waals surface area contributed by atoms with Crippen LogP contribution >= 0.6 is 0 Å². The smallest absolute Gasteiger partial charge is 0.224 e. The molecule has 3 heteroatoms. The number of carbonyl (C=O) groups excluding carboxylic acids is 1. The quantitative estimate of drug-likeness (QED) is 0.836. The van der Waals surface area contributed by atoms with E-state index in [1.165, 1.54) is 0 Å². The van der Waals surface area contributed by atoms with Gasteiger partial charge in [0.25, 0.3) is 0 Å². The van der Waals surface area contributed by atoms with Crippen molar-refractivity contribution in [3.63, 3.8) is 0 Å². The first-order valence-corrected chi connectivity index (χ1v) is 7.35. The van der Waals surface area contributed by atoms with Gasteiger partial charge < -0.3 is 10.2 Å². The molecule has 1 N–H and O–H groups in total. The van der Waals surface area contributed by atoms with E-state index in [0.29, 0.717) is 23.8 Å². The highest BCUT2D eigenvalue weighted by Gasteiger charge is 2.30. The van der Waals surface area contributed by atoms with E-state index >= 15 is 0 Å². The van der Waals surface area contributed by atoms with Gasteiger partial charge in [-0.25, -0.2) is 0 Å². The van der Waals surface area contributed by atoms with E-state index in [4.69, 9.17) is 0 Å². The molecular weight excluding hydrogens is 224 g/mol. The van der Waals surface area contributed by atoms with E-state index in [1.807, 2.05) is 0 Å². The highest BCUT2D eigenvalue weighted by Crippen LogP contribution is 2.34. The molecule has 0 aliphatic carbocycles. The highest BCUT2D eigenvalue weighted by atomic mass is 16.2. The zero-order valence-electron chi connectivity index (χ0n) is 12.8. The van der Waals surface area contributed by atoms with Crippen molar-refractivity contribution < 1.29 is 4.79 Å². The van der Waals surface area contributed by atoms with E-state index in [9.17, 15) is 4.79 Å². The van der Waals surface area contributed by atoms with Gasteiger partial charge in [-0.15, -0.1) is 0 Å². The number of rotatable bonds is 4. The Hall–Kier alpha value is -0.570. The molecule has 106 valence electrons. The fraction of sp³-hybridized carbons (Fsp3) is 0.933. The number of nitrogens with one attached hydrogen (secondary N) is 1. The maximum absolute atomic E-state index is 12.1. The molecule has 1 heterocycles. The van der Waals surface area contributed by atoms with Crippen LogP contribution in [0.25, 0.3) is 0 Å². The second-order valence-corrected chi connectivity index (χ2v) is 6.68. The molecular formula is C15H30N2O. The zero-order valence-corrected chi connectivity index (χ0v) is 12.8. The summed E-state index contributed by atoms with van der Waals surface area (Å²) in [6, 6.07) is 0.294. The lowest BCUT2D eigenvalue weighted by molar-refractivity contribution is -0.133. The lowest BCUT2D eigenvalue weighted by atomic mass is 9.75. The minimum atomic E-state index is 0.294. The molecule has 0 radical (unpaired) electrons. The van der Waals surface area contributed by atoms with Crippen LogP contribution in [0, 0.1) is 11.3 Å². The van der Waals surface area contributed by atoms with Crippen LogP contribution in [0.3, 0.4) is 0 Å². The third kappa shape index (κ3) is 4.60. The average molecular weight is 254 g/mol. The number of amides is 1. The summed E-state index contributed by atoms with van der Waals surface area (Å²) in [4.78, 5) is 14.2. The van der Waals surface area contributed by atoms with Crippen LogP contribution in [0.5, 0.6) is 0 Å². The van der Waals surface area contributed by atoms with Gasteiger partial charge in [0.2, 0.25) is 5.91 Å². The summed E-state index contributed by atoms with van der Waals surface area (Å²) in [5, 5.41) is 3.30. The molecule has 1 unspecified atom stereocenters. The molecule has 1 amide bonds. The summed E-state index contributed by atoms with van der Waals surface area (Å²) in [6.07, 6.45) is 2.95. The number of carbonyl (C=O) groups is 1. The van der Waals surface area contributed by atoms with Gasteiger partial charge in [-0.05, 0) is 37.6 Å². The number of likely N-dealkylation sites (tertiary alicyclic amines) is 1. The Labute approximate surface area is 112 Å². The van der Waals surface area contributed by atoms with Gasteiger partial charge in [-0.3, -0.25) is 4.79 Å². The Bertz CT molecular complexity index is 262. The number of hydrogen-bond donors (Lipinski definition) is 1. The first-order valence-electron chi connectivity index (χ1n) is 7.35. The minimum absolute atomic E-state index is 0.294. The molecule has 1 aliphatic heterocycles. The lowest BCUT2D eigenvalue weighted by Crippen LogP contribution is -2.43. The SMILES string of the molecule is CCNC(C)CC(=O)N1CCC(C(C)(C)C)CC1. The first-order chi connectivity index (χ1) is 8.34. The number of piperidine rings is 1. The van der Waals surface area contributed by atoms with Crippen molar-refractivity contribution in [3.8, 4) is 0 Å². The fourth-order valence-corrected chi connectivity index (χ4v) is 2.81. The summed E-state index contributed by atoms with van der Waals surface area (Å²) in [6.45, 7) is 13.9. The molecule has 0 spiro atoms. The molecule has 0 aromatic rings. The van der Waals surface area contributed by atoms with Gasteiger partial charge in [-0.1, -0.05) is 27.7 Å². The molecule has 1 fully saturated rings. The van der Waals surface area contributed by atoms with Crippen molar-refractivity contribution >= 4 is 5.91 Å². The van der Waals surface area contributed by atoms with Crippen molar-refractivity contribution in [3.05, 3.63) is 0 Å². The van der Waals surface area contributed by atoms with Crippen molar-refractivity contribution in [2.45, 2.75) is 59.9 Å². The van der Waals surface area contributed by atoms with Gasteiger partial charge in [0, 0.05) is 25.6 Å². The largest absolute Gasteiger partial charge is 0.343 e. The third-order valence-corrected chi connectivity index (χ3v) is 4.11. The summed E-state index contributed by atoms with van der Waals surface area (Å²) < 4.78 is 0. The maximum atomic E-state index is 12.1. The molecule has 1 saturated heterocycles. The second kappa shape index (κ2) is 6.55. The summed E-state index contributed by atoms with van der Waals surface area (Å²) in [5.41, 5.74) is 0.381. The van der Waals surface area contributed by atoms with Gasteiger partial charge in [-0.2, -0.15) is 0 Å². The Morgan fingerprint density at radius 2 is 1.89 bits per heavy atom. The molecule has 0 aromatic carbocycles. The third-order valence-electron chi connectivity index (χ3n) is 4.11. The molecule has 1 rings (SSSR count). The normalized spacial score (nSPS) is 19.9. The Kier molecular flexibility index (Phi) is 5.64. The van der Waals surface area contributed by atoms with E-state index in [2.05, 4.69) is 44.8 Å². The molecule has 0 bridgehead atoms. The predicted octanol–water partition coefficient (Wildman–Crippen LogP) is 2.66. The van der Waals surface area contributed by atoms with Gasteiger partial charge in [0.1, 0.15) is 0 Å². The molecule has 3 nitrogen and oxygen atoms in total. The van der Waals surface area contributed by atoms with E-state index < -0.39 is 0 Å². The van der Waals surface area contributed by atoms with Crippen LogP contribution in [-0.2, 0) is 4.79 Å². The summed E-state index contributed by atoms with van der Waals surface area (Å²) in [5.74, 6) is 1.07. The standard InChI is InChI=1S/C15H30N2O/c1-6-16-12(2)11-14(18)17-9-7-13(8-10-17)15(3,4)5/h12-13,16H,6-11H2,1-5H3. The monoisotopic (exact) mass is 254 g/mol. The Morgan fingerprint density at radius 1 is 1.33 bits per heavy atom. The van der Waals surface area contributed by atoms with E-state index in [-0.39, 0.29) is 0 Å². The second-order valence-electron chi connectivity index (χ2n) is 6.68. The molecule has 0 saturated carbocycles. The predicted molar refractivity (Wildman–Crippen MR) is 76.5 cm³/mol. The first kappa shape index (κ1) is 15.5. The van der Waals surface area contributed by atoms with Gasteiger partial charge in [0.05, 0.1) is 0 Å². The van der Waals surface area contributed by atoms with E-state index in [1.54, 1.807) is 0 Å². The Balaban J connectivity index is 2.36. The summed E-state index contributed by atoms with van der Waals surface area (Å²) >= 11 is 0. The molecule has 18 heavy (non-hydrogen) atoms. The number of nitrogens with zero attached hydrogens (tertiary/aromatic N) is 1. The zero-order chi connectivity index (χ0) is 13.8. The van der Waals surface area contributed by atoms with Crippen LogP contribution in [-0.4, -0.2) is 36.5 Å². The van der Waals surface area contributed by atoms with Gasteiger partial charge >= 0.3 is 0 Å². The molecule has 1 atom stereocenters. The van der Waals surface area contributed by atoms with Crippen LogP contribution in [0.1, 0.15) is 53.9 Å². The minimum Gasteiger partial charge on any atom is -0.343 e. The Morgan fingerprint density at radius 3 is 2.33 bits per heavy atom. The van der Waals surface area contributed by atoms with Crippen LogP contribution in [0.4, 0.5) is 0 Å². The topological polar surface area (TPSA) is 32.3 Å². The fourth-order valence-electron chi connectivity index (χ4n) is 2.81. The van der Waals surface area contributed by atoms with Crippen LogP contribution in [0.2, 0.25) is 0 Å². The highest BCUT2D eigenvalue weighted by molar-refractivity contribution is 5.76. The maximum Gasteiger partial charge on any atom is 0.224 e. The average Bonchev–Trinajstić information content (AvgIpc) is 2.28. The van der Waals surface area contributed by atoms with Crippen molar-refractivity contribution in [2.24, 2.45) is 11.3 Å². The van der Waals surface area contributed by atoms with Crippen molar-refractivity contribution in [1.82, 2.24) is 10.2 Å². The van der Waals surface area contributed by atoms with Crippen molar-refractivity contribution in [2.75, 3.05) is 19.6 Å². The lowest BCUT2D eigenvalue weighted by Gasteiger charge is -2.39.